The maximum Gasteiger partial charge on any atom is 0.0684 e. The van der Waals surface area contributed by atoms with Crippen LogP contribution in [-0.2, 0) is 26.2 Å². The molecule has 2 aromatic heterocycles. The number of piperazine rings is 2. The third kappa shape index (κ3) is 6.72. The van der Waals surface area contributed by atoms with Crippen LogP contribution in [0.2, 0.25) is 0 Å². The molecule has 0 bridgehead atoms. The molecule has 2 saturated heterocycles. The van der Waals surface area contributed by atoms with Crippen molar-refractivity contribution in [2.75, 3.05) is 59.4 Å². The van der Waals surface area contributed by atoms with E-state index in [4.69, 9.17) is 10.5 Å². The largest absolute Gasteiger partial charge is 0.304 e. The molecule has 0 N–H and O–H groups in total. The fourth-order valence-corrected chi connectivity index (χ4v) is 4.31. The van der Waals surface area contributed by atoms with Crippen LogP contribution in [-0.4, -0.2) is 89.0 Å². The van der Waals surface area contributed by atoms with Crippen LogP contribution in [0.5, 0.6) is 0 Å². The molecule has 0 saturated carbocycles. The van der Waals surface area contributed by atoms with E-state index >= 15 is 0 Å². The lowest BCUT2D eigenvalue weighted by molar-refractivity contribution is 0.119. The maximum absolute atomic E-state index is 8.50. The fraction of sp³-hybridized carbons (Fsp3) is 0.565. The molecule has 0 aliphatic carbocycles. The van der Waals surface area contributed by atoms with E-state index in [1.807, 2.05) is 18.2 Å². The molecule has 170 valence electrons. The van der Waals surface area contributed by atoms with E-state index in [1.165, 1.54) is 5.69 Å². The highest BCUT2D eigenvalue weighted by Gasteiger charge is 2.19. The minimum Gasteiger partial charge on any atom is -0.304 e. The van der Waals surface area contributed by atoms with Crippen LogP contribution in [0.3, 0.4) is 0 Å². The molecular formula is C23H33N9. The number of azide groups is 1. The summed E-state index contributed by atoms with van der Waals surface area (Å²) in [6.45, 7) is 11.6. The van der Waals surface area contributed by atoms with E-state index in [1.54, 1.807) is 0 Å². The Balaban J connectivity index is 1.24. The quantitative estimate of drug-likeness (QED) is 0.359. The van der Waals surface area contributed by atoms with E-state index in [9.17, 15) is 0 Å². The Bertz CT molecular complexity index is 911. The molecule has 0 atom stereocenters. The Morgan fingerprint density at radius 3 is 1.59 bits per heavy atom. The van der Waals surface area contributed by atoms with Gasteiger partial charge >= 0.3 is 0 Å². The molecule has 2 aliphatic rings. The summed E-state index contributed by atoms with van der Waals surface area (Å²) in [5, 5.41) is 3.61. The predicted octanol–water partition coefficient (Wildman–Crippen LogP) is 2.35. The maximum atomic E-state index is 8.50. The Kier molecular flexibility index (Phi) is 8.03. The van der Waals surface area contributed by atoms with Gasteiger partial charge in [0.25, 0.3) is 0 Å². The van der Waals surface area contributed by atoms with Gasteiger partial charge in [0.15, 0.2) is 0 Å². The lowest BCUT2D eigenvalue weighted by atomic mass is 10.2. The Morgan fingerprint density at radius 1 is 0.719 bits per heavy atom. The zero-order valence-corrected chi connectivity index (χ0v) is 19.0. The zero-order valence-electron chi connectivity index (χ0n) is 19.0. The highest BCUT2D eigenvalue weighted by atomic mass is 15.3. The summed E-state index contributed by atoms with van der Waals surface area (Å²) < 4.78 is 0. The summed E-state index contributed by atoms with van der Waals surface area (Å²) >= 11 is 0. The normalized spacial score (nSPS) is 19.0. The summed E-state index contributed by atoms with van der Waals surface area (Å²) in [4.78, 5) is 22.2. The third-order valence-corrected chi connectivity index (χ3v) is 6.24. The molecule has 0 unspecified atom stereocenters. The van der Waals surface area contributed by atoms with Crippen molar-refractivity contribution in [3.05, 3.63) is 69.6 Å². The smallest absolute Gasteiger partial charge is 0.0684 e. The number of hydrogen-bond acceptors (Lipinski definition) is 7. The Hall–Kier alpha value is -2.55. The number of aromatic nitrogens is 2. The zero-order chi connectivity index (χ0) is 22.2. The van der Waals surface area contributed by atoms with E-state index < -0.39 is 0 Å². The summed E-state index contributed by atoms with van der Waals surface area (Å²) in [5.41, 5.74) is 12.7. The minimum atomic E-state index is 0.305. The topological polar surface area (TPSA) is 87.5 Å². The van der Waals surface area contributed by atoms with Gasteiger partial charge in [-0.15, -0.1) is 0 Å². The first kappa shape index (κ1) is 22.6. The number of pyridine rings is 2. The van der Waals surface area contributed by atoms with Crippen molar-refractivity contribution >= 4 is 0 Å². The Labute approximate surface area is 190 Å². The lowest BCUT2D eigenvalue weighted by Crippen LogP contribution is -2.45. The van der Waals surface area contributed by atoms with Crippen LogP contribution in [0, 0.1) is 0 Å². The van der Waals surface area contributed by atoms with Crippen LogP contribution in [0.1, 0.15) is 22.8 Å². The summed E-state index contributed by atoms with van der Waals surface area (Å²) in [7, 11) is 2.19. The van der Waals surface area contributed by atoms with Gasteiger partial charge in [0.2, 0.25) is 0 Å². The molecule has 0 amide bonds. The van der Waals surface area contributed by atoms with Crippen LogP contribution in [0.4, 0.5) is 0 Å². The van der Waals surface area contributed by atoms with Crippen LogP contribution < -0.4 is 0 Å². The van der Waals surface area contributed by atoms with E-state index in [0.29, 0.717) is 6.54 Å². The standard InChI is InChI=1S/C23H33N9/c1-29-8-10-30(11-9-29)18-22-6-3-7-23(27-22)19-32-14-12-31(13-15-32)17-21-5-2-4-20(26-21)16-25-28-24/h2-7H,8-19H2,1H3. The average Bonchev–Trinajstić information content (AvgIpc) is 2.81. The van der Waals surface area contributed by atoms with Gasteiger partial charge in [0, 0.05) is 82.6 Å². The van der Waals surface area contributed by atoms with Crippen LogP contribution in [0.25, 0.3) is 10.4 Å². The van der Waals surface area contributed by atoms with Crippen LogP contribution >= 0.6 is 0 Å². The van der Waals surface area contributed by atoms with Gasteiger partial charge in [-0.05, 0) is 36.8 Å². The highest BCUT2D eigenvalue weighted by Crippen LogP contribution is 2.12. The SMILES string of the molecule is CN1CCN(Cc2cccc(CN3CCN(Cc4cccc(CN=[N+]=[N-])n4)CC3)n2)CC1. The molecule has 9 heteroatoms. The highest BCUT2D eigenvalue weighted by molar-refractivity contribution is 5.13. The molecule has 2 fully saturated rings. The summed E-state index contributed by atoms with van der Waals surface area (Å²) in [6.07, 6.45) is 0. The monoisotopic (exact) mass is 435 g/mol. The summed E-state index contributed by atoms with van der Waals surface area (Å²) in [5.74, 6) is 0. The fourth-order valence-electron chi connectivity index (χ4n) is 4.31. The second kappa shape index (κ2) is 11.4. The molecule has 0 radical (unpaired) electrons. The van der Waals surface area contributed by atoms with Gasteiger partial charge < -0.3 is 4.90 Å². The van der Waals surface area contributed by atoms with E-state index in [0.717, 1.165) is 89.1 Å². The second-order valence-corrected chi connectivity index (χ2v) is 8.76. The van der Waals surface area contributed by atoms with Crippen molar-refractivity contribution in [1.82, 2.24) is 29.6 Å². The minimum absolute atomic E-state index is 0.305. The van der Waals surface area contributed by atoms with Crippen molar-refractivity contribution in [3.63, 3.8) is 0 Å². The lowest BCUT2D eigenvalue weighted by Gasteiger charge is -2.34. The predicted molar refractivity (Wildman–Crippen MR) is 125 cm³/mol. The third-order valence-electron chi connectivity index (χ3n) is 6.24. The Morgan fingerprint density at radius 2 is 1.12 bits per heavy atom. The summed E-state index contributed by atoms with van der Waals surface area (Å²) in [6, 6.07) is 12.4. The molecular weight excluding hydrogens is 402 g/mol. The van der Waals surface area contributed by atoms with E-state index in [-0.39, 0.29) is 0 Å². The van der Waals surface area contributed by atoms with Gasteiger partial charge in [-0.3, -0.25) is 24.7 Å². The van der Waals surface area contributed by atoms with Gasteiger partial charge in [-0.1, -0.05) is 17.2 Å². The first-order valence-corrected chi connectivity index (χ1v) is 11.4. The first-order valence-electron chi connectivity index (χ1n) is 11.4. The number of hydrogen-bond donors (Lipinski definition) is 0. The van der Waals surface area contributed by atoms with Crippen molar-refractivity contribution in [2.45, 2.75) is 26.2 Å². The van der Waals surface area contributed by atoms with Gasteiger partial charge in [-0.2, -0.15) is 0 Å². The van der Waals surface area contributed by atoms with Gasteiger partial charge in [0.05, 0.1) is 23.6 Å². The molecule has 4 rings (SSSR count). The number of likely N-dealkylation sites (N-methyl/N-ethyl adjacent to an activating group) is 1. The first-order chi connectivity index (χ1) is 15.7. The van der Waals surface area contributed by atoms with E-state index in [2.05, 4.69) is 59.9 Å². The van der Waals surface area contributed by atoms with Crippen LogP contribution in [0.15, 0.2) is 41.5 Å². The molecule has 9 nitrogen and oxygen atoms in total. The van der Waals surface area contributed by atoms with Crippen molar-refractivity contribution < 1.29 is 0 Å². The van der Waals surface area contributed by atoms with Crippen molar-refractivity contribution in [3.8, 4) is 0 Å². The molecule has 2 aromatic rings. The average molecular weight is 436 g/mol. The van der Waals surface area contributed by atoms with Gasteiger partial charge in [-0.25, -0.2) is 0 Å². The van der Waals surface area contributed by atoms with Gasteiger partial charge in [0.1, 0.15) is 0 Å². The number of nitrogens with zero attached hydrogens (tertiary/aromatic N) is 9. The van der Waals surface area contributed by atoms with Crippen molar-refractivity contribution in [1.29, 1.82) is 0 Å². The molecule has 2 aliphatic heterocycles. The molecule has 0 aromatic carbocycles. The molecule has 32 heavy (non-hydrogen) atoms. The molecule has 0 spiro atoms. The molecule has 4 heterocycles. The van der Waals surface area contributed by atoms with Crippen molar-refractivity contribution in [2.24, 2.45) is 5.11 Å². The number of rotatable bonds is 8. The second-order valence-electron chi connectivity index (χ2n) is 8.76.